The minimum atomic E-state index is -1.15. The van der Waals surface area contributed by atoms with Crippen molar-refractivity contribution in [2.45, 2.75) is 38.3 Å². The molecular formula is C11H17NO5. The fraction of sp³-hybridized carbons (Fsp3) is 0.727. The molecule has 0 bridgehead atoms. The molecule has 17 heavy (non-hydrogen) atoms. The summed E-state index contributed by atoms with van der Waals surface area (Å²) in [6.45, 7) is 3.54. The van der Waals surface area contributed by atoms with Crippen LogP contribution in [0.4, 0.5) is 0 Å². The average Bonchev–Trinajstić information content (AvgIpc) is 2.14. The van der Waals surface area contributed by atoms with Crippen LogP contribution in [0.5, 0.6) is 0 Å². The third kappa shape index (κ3) is 3.03. The van der Waals surface area contributed by atoms with Gasteiger partial charge in [-0.2, -0.15) is 0 Å². The molecule has 0 radical (unpaired) electrons. The second kappa shape index (κ2) is 4.83. The van der Waals surface area contributed by atoms with Crippen molar-refractivity contribution in [3.8, 4) is 0 Å². The predicted molar refractivity (Wildman–Crippen MR) is 58.4 cm³/mol. The lowest BCUT2D eigenvalue weighted by molar-refractivity contribution is -0.152. The van der Waals surface area contributed by atoms with Gasteiger partial charge in [-0.3, -0.25) is 14.4 Å². The molecule has 1 aliphatic rings. The van der Waals surface area contributed by atoms with Crippen LogP contribution in [-0.4, -0.2) is 41.5 Å². The Labute approximate surface area is 99.3 Å². The topological polar surface area (TPSA) is 92.7 Å². The molecule has 0 aliphatic carbocycles. The second-order valence-electron chi connectivity index (χ2n) is 4.71. The van der Waals surface area contributed by atoms with Crippen molar-refractivity contribution < 1.29 is 24.2 Å². The molecule has 1 aliphatic heterocycles. The van der Waals surface area contributed by atoms with E-state index in [0.717, 1.165) is 0 Å². The van der Waals surface area contributed by atoms with Gasteiger partial charge in [0.05, 0.1) is 17.6 Å². The maximum Gasteiger partial charge on any atom is 0.310 e. The summed E-state index contributed by atoms with van der Waals surface area (Å²) in [5.74, 6) is -2.11. The van der Waals surface area contributed by atoms with E-state index < -0.39 is 23.9 Å². The number of ketones is 1. The fourth-order valence-corrected chi connectivity index (χ4v) is 2.02. The van der Waals surface area contributed by atoms with Crippen LogP contribution in [0.3, 0.4) is 0 Å². The largest absolute Gasteiger partial charge is 0.481 e. The van der Waals surface area contributed by atoms with Gasteiger partial charge in [0.25, 0.3) is 0 Å². The van der Waals surface area contributed by atoms with E-state index in [2.05, 4.69) is 5.32 Å². The van der Waals surface area contributed by atoms with E-state index in [4.69, 9.17) is 9.84 Å². The Bertz CT molecular complexity index is 350. The average molecular weight is 243 g/mol. The number of carboxylic acid groups (broad SMARTS) is 1. The van der Waals surface area contributed by atoms with Gasteiger partial charge in [-0.15, -0.1) is 0 Å². The van der Waals surface area contributed by atoms with Crippen molar-refractivity contribution in [1.82, 2.24) is 5.32 Å². The highest BCUT2D eigenvalue weighted by Gasteiger charge is 2.49. The van der Waals surface area contributed by atoms with Crippen molar-refractivity contribution in [3.63, 3.8) is 0 Å². The second-order valence-corrected chi connectivity index (χ2v) is 4.71. The molecule has 96 valence electrons. The van der Waals surface area contributed by atoms with E-state index in [-0.39, 0.29) is 24.2 Å². The van der Waals surface area contributed by atoms with Gasteiger partial charge in [-0.25, -0.2) is 0 Å². The molecule has 6 heteroatoms. The number of carbonyl (C=O) groups is 3. The van der Waals surface area contributed by atoms with Crippen LogP contribution in [0.15, 0.2) is 0 Å². The molecule has 1 amide bonds. The summed E-state index contributed by atoms with van der Waals surface area (Å²) in [5.41, 5.74) is -0.656. The first-order valence-corrected chi connectivity index (χ1v) is 5.37. The van der Waals surface area contributed by atoms with Crippen LogP contribution in [0.2, 0.25) is 0 Å². The smallest absolute Gasteiger partial charge is 0.310 e. The highest BCUT2D eigenvalue weighted by Crippen LogP contribution is 2.32. The van der Waals surface area contributed by atoms with Crippen molar-refractivity contribution in [3.05, 3.63) is 0 Å². The van der Waals surface area contributed by atoms with E-state index in [9.17, 15) is 14.4 Å². The summed E-state index contributed by atoms with van der Waals surface area (Å²) < 4.78 is 5.22. The number of hydrogen-bond donors (Lipinski definition) is 2. The number of hydrogen-bond acceptors (Lipinski definition) is 4. The van der Waals surface area contributed by atoms with Crippen LogP contribution in [0.1, 0.15) is 26.7 Å². The number of β-lactam (4-membered cyclic amide) rings is 1. The Morgan fingerprint density at radius 2 is 2.06 bits per heavy atom. The maximum atomic E-state index is 11.4. The Kier molecular flexibility index (Phi) is 3.87. The number of ether oxygens (including phenoxy) is 1. The van der Waals surface area contributed by atoms with Gasteiger partial charge in [0.2, 0.25) is 5.91 Å². The SMILES string of the molecule is COC(C)(C)[C@H]1C(=O)N[C@@H]1CC(=O)CC(=O)O. The van der Waals surface area contributed by atoms with E-state index >= 15 is 0 Å². The molecule has 6 nitrogen and oxygen atoms in total. The maximum absolute atomic E-state index is 11.4. The fourth-order valence-electron chi connectivity index (χ4n) is 2.02. The number of Topliss-reactive ketones (excluding diaryl/α,β-unsaturated/α-hetero) is 1. The highest BCUT2D eigenvalue weighted by molar-refractivity contribution is 5.97. The molecule has 0 aromatic rings. The lowest BCUT2D eigenvalue weighted by Gasteiger charge is -2.45. The van der Waals surface area contributed by atoms with E-state index in [1.807, 2.05) is 0 Å². The molecule has 0 spiro atoms. The van der Waals surface area contributed by atoms with Crippen LogP contribution < -0.4 is 5.32 Å². The summed E-state index contributed by atoms with van der Waals surface area (Å²) >= 11 is 0. The molecule has 1 heterocycles. The standard InChI is InChI=1S/C11H17NO5/c1-11(2,17-3)9-7(12-10(9)16)4-6(13)5-8(14)15/h7,9H,4-5H2,1-3H3,(H,12,16)(H,14,15)/t7-,9-/m1/s1. The zero-order chi connectivity index (χ0) is 13.2. The number of nitrogens with one attached hydrogen (secondary N) is 1. The number of carbonyl (C=O) groups excluding carboxylic acids is 2. The molecule has 0 unspecified atom stereocenters. The minimum Gasteiger partial charge on any atom is -0.481 e. The number of carboxylic acids is 1. The van der Waals surface area contributed by atoms with Crippen molar-refractivity contribution in [1.29, 1.82) is 0 Å². The van der Waals surface area contributed by atoms with Crippen LogP contribution in [-0.2, 0) is 19.1 Å². The lowest BCUT2D eigenvalue weighted by atomic mass is 9.75. The van der Waals surface area contributed by atoms with Crippen LogP contribution >= 0.6 is 0 Å². The number of rotatable bonds is 6. The summed E-state index contributed by atoms with van der Waals surface area (Å²) in [6.07, 6.45) is -0.470. The van der Waals surface area contributed by atoms with E-state index in [1.165, 1.54) is 7.11 Å². The van der Waals surface area contributed by atoms with Crippen LogP contribution in [0, 0.1) is 5.92 Å². The first kappa shape index (κ1) is 13.6. The third-order valence-corrected chi connectivity index (χ3v) is 3.08. The zero-order valence-electron chi connectivity index (χ0n) is 10.1. The zero-order valence-corrected chi connectivity index (χ0v) is 10.1. The molecule has 2 atom stereocenters. The number of amides is 1. The van der Waals surface area contributed by atoms with Crippen molar-refractivity contribution in [2.24, 2.45) is 5.92 Å². The van der Waals surface area contributed by atoms with E-state index in [0.29, 0.717) is 0 Å². The van der Waals surface area contributed by atoms with Gasteiger partial charge < -0.3 is 15.2 Å². The van der Waals surface area contributed by atoms with Crippen molar-refractivity contribution >= 4 is 17.7 Å². The van der Waals surface area contributed by atoms with Crippen LogP contribution in [0.25, 0.3) is 0 Å². The number of aliphatic carboxylic acids is 1. The summed E-state index contributed by atoms with van der Waals surface area (Å²) in [5, 5.41) is 11.1. The predicted octanol–water partition coefficient (Wildman–Crippen LogP) is -0.0401. The Morgan fingerprint density at radius 1 is 1.47 bits per heavy atom. The van der Waals surface area contributed by atoms with Gasteiger partial charge in [0.1, 0.15) is 12.2 Å². The lowest BCUT2D eigenvalue weighted by Crippen LogP contribution is -2.66. The quantitative estimate of drug-likeness (QED) is 0.504. The monoisotopic (exact) mass is 243 g/mol. The third-order valence-electron chi connectivity index (χ3n) is 3.08. The summed E-state index contributed by atoms with van der Waals surface area (Å²) in [7, 11) is 1.50. The highest BCUT2D eigenvalue weighted by atomic mass is 16.5. The first-order valence-electron chi connectivity index (χ1n) is 5.37. The summed E-state index contributed by atoms with van der Waals surface area (Å²) in [4.78, 5) is 33.1. The van der Waals surface area contributed by atoms with Gasteiger partial charge in [-0.05, 0) is 13.8 Å². The molecule has 1 rings (SSSR count). The molecule has 1 saturated heterocycles. The Morgan fingerprint density at radius 3 is 2.47 bits per heavy atom. The van der Waals surface area contributed by atoms with Gasteiger partial charge in [-0.1, -0.05) is 0 Å². The molecule has 1 fully saturated rings. The molecular weight excluding hydrogens is 226 g/mol. The first-order chi connectivity index (χ1) is 7.77. The van der Waals surface area contributed by atoms with Crippen molar-refractivity contribution in [2.75, 3.05) is 7.11 Å². The molecule has 0 aromatic carbocycles. The summed E-state index contributed by atoms with van der Waals surface area (Å²) in [6, 6.07) is -0.329. The Balaban J connectivity index is 2.59. The van der Waals surface area contributed by atoms with Gasteiger partial charge in [0, 0.05) is 13.5 Å². The minimum absolute atomic E-state index is 0.0372. The van der Waals surface area contributed by atoms with Gasteiger partial charge in [0.15, 0.2) is 0 Å². The molecule has 0 saturated carbocycles. The normalized spacial score (nSPS) is 23.8. The van der Waals surface area contributed by atoms with E-state index in [1.54, 1.807) is 13.8 Å². The van der Waals surface area contributed by atoms with Gasteiger partial charge >= 0.3 is 5.97 Å². The molecule has 0 aromatic heterocycles. The number of methoxy groups -OCH3 is 1. The Hall–Kier alpha value is -1.43. The molecule has 2 N–H and O–H groups in total.